The van der Waals surface area contributed by atoms with Gasteiger partial charge in [-0.2, -0.15) is 0 Å². The van der Waals surface area contributed by atoms with Crippen LogP contribution in [0, 0.1) is 0 Å². The lowest BCUT2D eigenvalue weighted by Gasteiger charge is -2.00. The van der Waals surface area contributed by atoms with Crippen molar-refractivity contribution in [2.45, 2.75) is 24.9 Å². The Morgan fingerprint density at radius 2 is 2.14 bits per heavy atom. The van der Waals surface area contributed by atoms with Crippen LogP contribution in [0.2, 0.25) is 0 Å². The summed E-state index contributed by atoms with van der Waals surface area (Å²) in [6, 6.07) is 1.16. The molecule has 2 atom stereocenters. The molecule has 0 N–H and O–H groups in total. The molecule has 38 valence electrons. The quantitative estimate of drug-likeness (QED) is 0.302. The average Bonchev–Trinajstić information content (AvgIpc) is 2.16. The van der Waals surface area contributed by atoms with E-state index in [1.54, 1.807) is 10.9 Å². The zero-order valence-electron chi connectivity index (χ0n) is 4.65. The maximum Gasteiger partial charge on any atom is 0.156 e. The van der Waals surface area contributed by atoms with E-state index in [1.807, 2.05) is 0 Å². The highest BCUT2D eigenvalue weighted by Gasteiger charge is 2.96. The van der Waals surface area contributed by atoms with Gasteiger partial charge in [0.15, 0.2) is 11.6 Å². The standard InChI is InChI=1S/C6H10N/c1-6-4-5(6)7(6)2-3-7/h5H,2-4H2,1H3/q+1. The van der Waals surface area contributed by atoms with E-state index in [9.17, 15) is 0 Å². The molecule has 1 nitrogen and oxygen atoms in total. The van der Waals surface area contributed by atoms with Crippen LogP contribution in [-0.4, -0.2) is 29.2 Å². The van der Waals surface area contributed by atoms with E-state index in [-0.39, 0.29) is 0 Å². The summed E-state index contributed by atoms with van der Waals surface area (Å²) >= 11 is 0. The Bertz CT molecular complexity index is 139. The fraction of sp³-hybridized carbons (Fsp3) is 1.00. The SMILES string of the molecule is CC12CC1[N+]21CC1. The van der Waals surface area contributed by atoms with Gasteiger partial charge in [-0.15, -0.1) is 0 Å². The molecule has 0 bridgehead atoms. The van der Waals surface area contributed by atoms with Crippen LogP contribution < -0.4 is 0 Å². The molecule has 0 aromatic rings. The first-order valence-corrected chi connectivity index (χ1v) is 3.16. The van der Waals surface area contributed by atoms with Crippen molar-refractivity contribution in [1.29, 1.82) is 0 Å². The third-order valence-corrected chi connectivity index (χ3v) is 3.42. The first-order valence-electron chi connectivity index (χ1n) is 3.16. The van der Waals surface area contributed by atoms with Crippen molar-refractivity contribution >= 4 is 0 Å². The van der Waals surface area contributed by atoms with E-state index in [0.29, 0.717) is 0 Å². The topological polar surface area (TPSA) is 0 Å². The van der Waals surface area contributed by atoms with Gasteiger partial charge >= 0.3 is 0 Å². The summed E-state index contributed by atoms with van der Waals surface area (Å²) in [6.45, 7) is 5.47. The van der Waals surface area contributed by atoms with E-state index in [0.717, 1.165) is 11.6 Å². The van der Waals surface area contributed by atoms with Gasteiger partial charge in [0.05, 0.1) is 6.42 Å². The van der Waals surface area contributed by atoms with Crippen LogP contribution in [0.15, 0.2) is 0 Å². The van der Waals surface area contributed by atoms with Crippen LogP contribution in [-0.2, 0) is 0 Å². The van der Waals surface area contributed by atoms with Crippen LogP contribution in [0.3, 0.4) is 0 Å². The van der Waals surface area contributed by atoms with Crippen molar-refractivity contribution in [1.82, 2.24) is 0 Å². The van der Waals surface area contributed by atoms with E-state index in [4.69, 9.17) is 0 Å². The van der Waals surface area contributed by atoms with Crippen molar-refractivity contribution in [2.24, 2.45) is 0 Å². The van der Waals surface area contributed by atoms with E-state index in [2.05, 4.69) is 6.92 Å². The molecule has 2 unspecified atom stereocenters. The zero-order valence-corrected chi connectivity index (χ0v) is 4.65. The Balaban J connectivity index is 2.13. The number of quaternary nitrogens is 1. The molecular weight excluding hydrogens is 86.1 g/mol. The summed E-state index contributed by atoms with van der Waals surface area (Å²) in [6.07, 6.45) is 1.55. The Hall–Kier alpha value is -0.0400. The van der Waals surface area contributed by atoms with Gasteiger partial charge in [-0.25, -0.2) is 0 Å². The van der Waals surface area contributed by atoms with Gasteiger partial charge in [-0.05, 0) is 6.92 Å². The van der Waals surface area contributed by atoms with Crippen molar-refractivity contribution in [3.8, 4) is 0 Å². The van der Waals surface area contributed by atoms with Gasteiger partial charge in [0, 0.05) is 0 Å². The minimum Gasteiger partial charge on any atom is -0.297 e. The number of hydrogen-bond donors (Lipinski definition) is 0. The highest BCUT2D eigenvalue weighted by atomic mass is 15.7. The first-order chi connectivity index (χ1) is 3.30. The fourth-order valence-corrected chi connectivity index (χ4v) is 2.35. The van der Waals surface area contributed by atoms with Crippen LogP contribution >= 0.6 is 0 Å². The molecule has 0 radical (unpaired) electrons. The van der Waals surface area contributed by atoms with Crippen molar-refractivity contribution in [3.63, 3.8) is 0 Å². The maximum atomic E-state index is 2.44. The molecular formula is C6H10N+. The number of fused-ring (bicyclic) bond motifs is 3. The lowest BCUT2D eigenvalue weighted by Crippen LogP contribution is -2.14. The molecule has 3 rings (SSSR count). The summed E-state index contributed by atoms with van der Waals surface area (Å²) in [4.78, 5) is 0. The summed E-state index contributed by atoms with van der Waals surface area (Å²) in [5.41, 5.74) is 0.861. The second-order valence-corrected chi connectivity index (χ2v) is 3.56. The lowest BCUT2D eigenvalue weighted by molar-refractivity contribution is -0.729. The van der Waals surface area contributed by atoms with Crippen LogP contribution in [0.1, 0.15) is 13.3 Å². The molecule has 0 amide bonds. The highest BCUT2D eigenvalue weighted by molar-refractivity contribution is 5.22. The second kappa shape index (κ2) is 0.455. The van der Waals surface area contributed by atoms with E-state index < -0.39 is 0 Å². The number of hydrogen-bond acceptors (Lipinski definition) is 0. The predicted molar refractivity (Wildman–Crippen MR) is 26.8 cm³/mol. The van der Waals surface area contributed by atoms with Crippen molar-refractivity contribution < 1.29 is 4.48 Å². The largest absolute Gasteiger partial charge is 0.297 e. The minimum atomic E-state index is 0.861. The smallest absolute Gasteiger partial charge is 0.156 e. The molecule has 1 aliphatic carbocycles. The van der Waals surface area contributed by atoms with E-state index in [1.165, 1.54) is 13.1 Å². The molecule has 1 spiro atoms. The van der Waals surface area contributed by atoms with Crippen molar-refractivity contribution in [3.05, 3.63) is 0 Å². The summed E-state index contributed by atoms with van der Waals surface area (Å²) < 4.78 is 1.55. The fourth-order valence-electron chi connectivity index (χ4n) is 2.35. The third-order valence-electron chi connectivity index (χ3n) is 3.42. The molecule has 2 heterocycles. The molecule has 0 aromatic carbocycles. The van der Waals surface area contributed by atoms with E-state index >= 15 is 0 Å². The maximum absolute atomic E-state index is 2.44. The summed E-state index contributed by atoms with van der Waals surface area (Å²) in [7, 11) is 0. The average molecular weight is 96.2 g/mol. The third kappa shape index (κ3) is 0.129. The molecule has 2 aliphatic heterocycles. The van der Waals surface area contributed by atoms with Crippen LogP contribution in [0.25, 0.3) is 0 Å². The summed E-state index contributed by atoms with van der Waals surface area (Å²) in [5, 5.41) is 0. The van der Waals surface area contributed by atoms with Gasteiger partial charge in [0.2, 0.25) is 0 Å². The molecule has 2 saturated heterocycles. The van der Waals surface area contributed by atoms with Gasteiger partial charge in [0.1, 0.15) is 13.1 Å². The monoisotopic (exact) mass is 96.1 g/mol. The van der Waals surface area contributed by atoms with Gasteiger partial charge in [0.25, 0.3) is 0 Å². The predicted octanol–water partition coefficient (Wildman–Crippen LogP) is 0.361. The highest BCUT2D eigenvalue weighted by Crippen LogP contribution is 2.74. The Labute approximate surface area is 43.5 Å². The van der Waals surface area contributed by atoms with Gasteiger partial charge in [-0.1, -0.05) is 0 Å². The van der Waals surface area contributed by atoms with Crippen LogP contribution in [0.4, 0.5) is 0 Å². The Morgan fingerprint density at radius 3 is 2.14 bits per heavy atom. The number of nitrogens with zero attached hydrogens (tertiary/aromatic N) is 1. The van der Waals surface area contributed by atoms with Crippen molar-refractivity contribution in [2.75, 3.05) is 13.1 Å². The Kier molecular flexibility index (Phi) is 0.200. The lowest BCUT2D eigenvalue weighted by atomic mass is 10.4. The molecule has 3 aliphatic rings. The van der Waals surface area contributed by atoms with Crippen LogP contribution in [0.5, 0.6) is 0 Å². The molecule has 1 heteroatoms. The molecule has 1 saturated carbocycles. The molecule has 0 aromatic heterocycles. The van der Waals surface area contributed by atoms with Gasteiger partial charge in [-0.3, -0.25) is 4.48 Å². The normalized spacial score (nSPS) is 67.3. The number of rotatable bonds is 0. The first kappa shape index (κ1) is 3.08. The molecule has 7 heavy (non-hydrogen) atoms. The zero-order chi connectivity index (χ0) is 4.70. The Morgan fingerprint density at radius 1 is 1.57 bits per heavy atom. The molecule has 3 fully saturated rings. The minimum absolute atomic E-state index is 0.861. The van der Waals surface area contributed by atoms with Gasteiger partial charge < -0.3 is 0 Å². The second-order valence-electron chi connectivity index (χ2n) is 3.56. The summed E-state index contributed by atoms with van der Waals surface area (Å²) in [5.74, 6) is 0.